The number of hydrazine groups is 1. The second-order valence-electron chi connectivity index (χ2n) is 7.26. The topological polar surface area (TPSA) is 110 Å². The third-order valence-corrected chi connectivity index (χ3v) is 7.25. The van der Waals surface area contributed by atoms with Crippen molar-refractivity contribution in [1.29, 1.82) is 0 Å². The van der Waals surface area contributed by atoms with Crippen molar-refractivity contribution in [2.24, 2.45) is 0 Å². The van der Waals surface area contributed by atoms with E-state index in [-0.39, 0.29) is 18.1 Å². The molecule has 0 amide bonds. The number of nitrogens with one attached hydrogen (secondary N) is 2. The predicted octanol–water partition coefficient (Wildman–Crippen LogP) is 0.622. The Hall–Kier alpha value is -2.04. The molecule has 0 radical (unpaired) electrons. The molecule has 2 fully saturated rings. The van der Waals surface area contributed by atoms with Gasteiger partial charge in [0.2, 0.25) is 10.0 Å². The average molecular weight is 404 g/mol. The molecule has 0 spiro atoms. The number of morpholine rings is 1. The number of nitrogens with zero attached hydrogens (tertiary/aromatic N) is 2. The first-order valence-electron chi connectivity index (χ1n) is 9.33. The number of nitrogens with two attached hydrogens (primary N) is 1. The number of hydrogen-bond donors (Lipinski definition) is 3. The normalized spacial score (nSPS) is 26.4. The Kier molecular flexibility index (Phi) is 5.35. The first kappa shape index (κ1) is 19.3. The van der Waals surface area contributed by atoms with E-state index >= 15 is 0 Å². The molecule has 0 aliphatic carbocycles. The van der Waals surface area contributed by atoms with Crippen molar-refractivity contribution in [3.05, 3.63) is 53.7 Å². The molecule has 0 saturated carbocycles. The number of nitrogen functional groups attached to an aromatic ring is 1. The lowest BCUT2D eigenvalue weighted by molar-refractivity contribution is -0.0225. The van der Waals surface area contributed by atoms with Gasteiger partial charge in [0.25, 0.3) is 0 Å². The molecular formula is C19H25N5O3S. The number of ether oxygens (including phenoxy) is 1. The second-order valence-corrected chi connectivity index (χ2v) is 9.19. The maximum Gasteiger partial charge on any atom is 0.243 e. The molecule has 2 aliphatic heterocycles. The highest BCUT2D eigenvalue weighted by Crippen LogP contribution is 2.29. The molecule has 2 aliphatic rings. The Bertz CT molecular complexity index is 935. The van der Waals surface area contributed by atoms with Crippen LogP contribution in [0.3, 0.4) is 0 Å². The Labute approximate surface area is 165 Å². The van der Waals surface area contributed by atoms with E-state index in [1.165, 1.54) is 4.31 Å². The zero-order valence-electron chi connectivity index (χ0n) is 15.7. The molecule has 0 bridgehead atoms. The van der Waals surface area contributed by atoms with Crippen LogP contribution >= 0.6 is 0 Å². The van der Waals surface area contributed by atoms with Crippen LogP contribution in [-0.2, 0) is 14.8 Å². The van der Waals surface area contributed by atoms with E-state index in [1.807, 2.05) is 31.2 Å². The van der Waals surface area contributed by atoms with E-state index in [2.05, 4.69) is 15.8 Å². The monoisotopic (exact) mass is 403 g/mol. The summed E-state index contributed by atoms with van der Waals surface area (Å²) in [5.41, 5.74) is 14.3. The van der Waals surface area contributed by atoms with Crippen LogP contribution in [0.5, 0.6) is 0 Å². The molecular weight excluding hydrogens is 378 g/mol. The van der Waals surface area contributed by atoms with E-state index < -0.39 is 10.0 Å². The van der Waals surface area contributed by atoms with Crippen LogP contribution in [0.1, 0.15) is 17.0 Å². The van der Waals surface area contributed by atoms with Crippen molar-refractivity contribution < 1.29 is 13.2 Å². The molecule has 28 heavy (non-hydrogen) atoms. The third kappa shape index (κ3) is 3.76. The van der Waals surface area contributed by atoms with Gasteiger partial charge in [0.1, 0.15) is 5.82 Å². The minimum absolute atomic E-state index is 0.0715. The summed E-state index contributed by atoms with van der Waals surface area (Å²) in [5, 5.41) is 0. The highest BCUT2D eigenvalue weighted by molar-refractivity contribution is 7.89. The first-order chi connectivity index (χ1) is 13.4. The SMILES string of the molecule is Cc1ccc(S(=O)(=O)N2CCOC(C3NNCC3c3ccnc(N)c3)C2)cc1. The lowest BCUT2D eigenvalue weighted by Gasteiger charge is -2.36. The summed E-state index contributed by atoms with van der Waals surface area (Å²) in [6.07, 6.45) is 1.42. The van der Waals surface area contributed by atoms with E-state index in [0.717, 1.165) is 11.1 Å². The Morgan fingerprint density at radius 1 is 1.25 bits per heavy atom. The molecule has 3 heterocycles. The lowest BCUT2D eigenvalue weighted by Crippen LogP contribution is -2.54. The highest BCUT2D eigenvalue weighted by atomic mass is 32.2. The minimum Gasteiger partial charge on any atom is -0.384 e. The number of aromatic nitrogens is 1. The van der Waals surface area contributed by atoms with Crippen molar-refractivity contribution in [1.82, 2.24) is 20.1 Å². The quantitative estimate of drug-likeness (QED) is 0.687. The van der Waals surface area contributed by atoms with Crippen molar-refractivity contribution in [2.45, 2.75) is 29.9 Å². The van der Waals surface area contributed by atoms with E-state index in [4.69, 9.17) is 10.5 Å². The molecule has 2 aromatic rings. The van der Waals surface area contributed by atoms with Crippen molar-refractivity contribution >= 4 is 15.8 Å². The Balaban J connectivity index is 1.54. The fourth-order valence-electron chi connectivity index (χ4n) is 3.83. The summed E-state index contributed by atoms with van der Waals surface area (Å²) in [4.78, 5) is 4.37. The van der Waals surface area contributed by atoms with Crippen molar-refractivity contribution in [3.63, 3.8) is 0 Å². The van der Waals surface area contributed by atoms with Crippen molar-refractivity contribution in [2.75, 3.05) is 32.0 Å². The molecule has 1 aromatic heterocycles. The van der Waals surface area contributed by atoms with E-state index in [0.29, 0.717) is 37.0 Å². The average Bonchev–Trinajstić information content (AvgIpc) is 3.18. The maximum atomic E-state index is 13.1. The molecule has 4 N–H and O–H groups in total. The number of sulfonamides is 1. The van der Waals surface area contributed by atoms with Crippen LogP contribution in [0, 0.1) is 6.92 Å². The number of rotatable bonds is 4. The summed E-state index contributed by atoms with van der Waals surface area (Å²) in [6.45, 7) is 3.65. The molecule has 4 rings (SSSR count). The van der Waals surface area contributed by atoms with Gasteiger partial charge in [-0.25, -0.2) is 13.4 Å². The van der Waals surface area contributed by atoms with Gasteiger partial charge in [0.05, 0.1) is 23.6 Å². The molecule has 3 atom stereocenters. The Morgan fingerprint density at radius 2 is 2.04 bits per heavy atom. The lowest BCUT2D eigenvalue weighted by atomic mass is 9.90. The largest absolute Gasteiger partial charge is 0.384 e. The number of benzene rings is 1. The van der Waals surface area contributed by atoms with Gasteiger partial charge in [-0.2, -0.15) is 4.31 Å². The summed E-state index contributed by atoms with van der Waals surface area (Å²) < 4.78 is 33.6. The number of hydrogen-bond acceptors (Lipinski definition) is 7. The fourth-order valence-corrected chi connectivity index (χ4v) is 5.27. The Morgan fingerprint density at radius 3 is 2.79 bits per heavy atom. The van der Waals surface area contributed by atoms with Crippen LogP contribution in [0.2, 0.25) is 0 Å². The number of aryl methyl sites for hydroxylation is 1. The minimum atomic E-state index is -3.55. The van der Waals surface area contributed by atoms with Crippen LogP contribution in [0.4, 0.5) is 5.82 Å². The molecule has 9 heteroatoms. The smallest absolute Gasteiger partial charge is 0.243 e. The zero-order chi connectivity index (χ0) is 19.7. The third-order valence-electron chi connectivity index (χ3n) is 5.37. The maximum absolute atomic E-state index is 13.1. The van der Waals surface area contributed by atoms with Gasteiger partial charge in [-0.1, -0.05) is 17.7 Å². The van der Waals surface area contributed by atoms with Crippen LogP contribution in [0.25, 0.3) is 0 Å². The van der Waals surface area contributed by atoms with Crippen LogP contribution < -0.4 is 16.6 Å². The summed E-state index contributed by atoms with van der Waals surface area (Å²) in [5.74, 6) is 0.577. The molecule has 150 valence electrons. The standard InChI is InChI=1S/C19H25N5O3S/c1-13-2-4-15(5-3-13)28(25,26)24-8-9-27-17(12-24)19-16(11-22-23-19)14-6-7-21-18(20)10-14/h2-7,10,16-17,19,22-23H,8-9,11-12H2,1H3,(H2,20,21). The molecule has 8 nitrogen and oxygen atoms in total. The number of pyridine rings is 1. The molecule has 2 saturated heterocycles. The van der Waals surface area contributed by atoms with Gasteiger partial charge in [-0.3, -0.25) is 10.9 Å². The van der Waals surface area contributed by atoms with E-state index in [1.54, 1.807) is 18.3 Å². The fraction of sp³-hybridized carbons (Fsp3) is 0.421. The van der Waals surface area contributed by atoms with Crippen LogP contribution in [0.15, 0.2) is 47.5 Å². The second kappa shape index (κ2) is 7.76. The van der Waals surface area contributed by atoms with Gasteiger partial charge in [-0.05, 0) is 36.8 Å². The molecule has 1 aromatic carbocycles. The summed E-state index contributed by atoms with van der Waals surface area (Å²) >= 11 is 0. The highest BCUT2D eigenvalue weighted by Gasteiger charge is 2.40. The van der Waals surface area contributed by atoms with Gasteiger partial charge < -0.3 is 10.5 Å². The predicted molar refractivity (Wildman–Crippen MR) is 106 cm³/mol. The van der Waals surface area contributed by atoms with Crippen LogP contribution in [-0.4, -0.2) is 56.1 Å². The van der Waals surface area contributed by atoms with Gasteiger partial charge in [-0.15, -0.1) is 0 Å². The zero-order valence-corrected chi connectivity index (χ0v) is 16.5. The van der Waals surface area contributed by atoms with Crippen molar-refractivity contribution in [3.8, 4) is 0 Å². The summed E-state index contributed by atoms with van der Waals surface area (Å²) in [6, 6.07) is 10.7. The van der Waals surface area contributed by atoms with Gasteiger partial charge in [0.15, 0.2) is 0 Å². The first-order valence-corrected chi connectivity index (χ1v) is 10.8. The molecule has 3 unspecified atom stereocenters. The van der Waals surface area contributed by atoms with Gasteiger partial charge in [0, 0.05) is 31.7 Å². The summed E-state index contributed by atoms with van der Waals surface area (Å²) in [7, 11) is -3.55. The van der Waals surface area contributed by atoms with Gasteiger partial charge >= 0.3 is 0 Å². The van der Waals surface area contributed by atoms with E-state index in [9.17, 15) is 8.42 Å². The number of anilines is 1.